The summed E-state index contributed by atoms with van der Waals surface area (Å²) in [5.74, 6) is 0.848. The van der Waals surface area contributed by atoms with Gasteiger partial charge in [0.25, 0.3) is 0 Å². The van der Waals surface area contributed by atoms with Gasteiger partial charge in [0.15, 0.2) is 5.65 Å². The number of imidazole rings is 1. The Hall–Kier alpha value is -2.27. The van der Waals surface area contributed by atoms with Crippen LogP contribution in [-0.2, 0) is 13.1 Å². The summed E-state index contributed by atoms with van der Waals surface area (Å²) in [5.41, 5.74) is 8.65. The zero-order valence-corrected chi connectivity index (χ0v) is 9.82. The van der Waals surface area contributed by atoms with E-state index in [0.717, 1.165) is 22.6 Å². The van der Waals surface area contributed by atoms with E-state index >= 15 is 0 Å². The molecule has 0 aliphatic rings. The molecule has 0 spiro atoms. The molecule has 3 rings (SSSR count). The van der Waals surface area contributed by atoms with Gasteiger partial charge in [-0.15, -0.1) is 0 Å². The molecule has 0 aliphatic heterocycles. The highest BCUT2D eigenvalue weighted by atomic mass is 15.1. The molecule has 90 valence electrons. The van der Waals surface area contributed by atoms with Gasteiger partial charge in [0.2, 0.25) is 0 Å². The first kappa shape index (κ1) is 10.9. The lowest BCUT2D eigenvalue weighted by Gasteiger charge is -2.06. The lowest BCUT2D eigenvalue weighted by atomic mass is 10.2. The van der Waals surface area contributed by atoms with Gasteiger partial charge < -0.3 is 10.3 Å². The van der Waals surface area contributed by atoms with Crippen LogP contribution < -0.4 is 5.73 Å². The second kappa shape index (κ2) is 4.54. The third-order valence-electron chi connectivity index (χ3n) is 2.86. The van der Waals surface area contributed by atoms with Crippen molar-refractivity contribution in [3.63, 3.8) is 0 Å². The van der Waals surface area contributed by atoms with Crippen LogP contribution in [0.4, 0.5) is 0 Å². The van der Waals surface area contributed by atoms with Crippen LogP contribution in [-0.4, -0.2) is 19.5 Å². The summed E-state index contributed by atoms with van der Waals surface area (Å²) in [7, 11) is 0. The van der Waals surface area contributed by atoms with Crippen molar-refractivity contribution in [2.75, 3.05) is 0 Å². The smallest absolute Gasteiger partial charge is 0.160 e. The van der Waals surface area contributed by atoms with Crippen LogP contribution in [0, 0.1) is 0 Å². The molecule has 3 heterocycles. The highest BCUT2D eigenvalue weighted by Crippen LogP contribution is 2.15. The maximum absolute atomic E-state index is 5.74. The standard InChI is InChI=1S/C13H13N5/c14-8-12-17-11-2-1-5-16-13(11)18(12)9-10-3-6-15-7-4-10/h1-7H,8-9,14H2. The zero-order chi connectivity index (χ0) is 12.4. The van der Waals surface area contributed by atoms with Crippen molar-refractivity contribution in [2.45, 2.75) is 13.1 Å². The van der Waals surface area contributed by atoms with Crippen LogP contribution in [0.25, 0.3) is 11.2 Å². The molecule has 0 bridgehead atoms. The van der Waals surface area contributed by atoms with Crippen molar-refractivity contribution in [3.8, 4) is 0 Å². The Labute approximate surface area is 104 Å². The number of pyridine rings is 2. The molecule has 2 N–H and O–H groups in total. The first-order valence-corrected chi connectivity index (χ1v) is 5.77. The summed E-state index contributed by atoms with van der Waals surface area (Å²) in [6, 6.07) is 7.79. The SMILES string of the molecule is NCc1nc2cccnc2n1Cc1ccncc1. The minimum atomic E-state index is 0.404. The average Bonchev–Trinajstić information content (AvgIpc) is 2.78. The van der Waals surface area contributed by atoms with Gasteiger partial charge in [-0.3, -0.25) is 4.98 Å². The molecule has 0 radical (unpaired) electrons. The first-order valence-electron chi connectivity index (χ1n) is 5.77. The molecule has 0 saturated heterocycles. The van der Waals surface area contributed by atoms with Crippen LogP contribution in [0.1, 0.15) is 11.4 Å². The molecule has 0 saturated carbocycles. The van der Waals surface area contributed by atoms with E-state index in [4.69, 9.17) is 5.73 Å². The molecular weight excluding hydrogens is 226 g/mol. The lowest BCUT2D eigenvalue weighted by molar-refractivity contribution is 0.736. The van der Waals surface area contributed by atoms with E-state index in [2.05, 4.69) is 15.0 Å². The molecule has 0 aromatic carbocycles. The predicted molar refractivity (Wildman–Crippen MR) is 68.8 cm³/mol. The van der Waals surface area contributed by atoms with E-state index in [9.17, 15) is 0 Å². The van der Waals surface area contributed by atoms with Gasteiger partial charge in [-0.2, -0.15) is 0 Å². The largest absolute Gasteiger partial charge is 0.324 e. The number of fused-ring (bicyclic) bond motifs is 1. The molecule has 0 fully saturated rings. The lowest BCUT2D eigenvalue weighted by Crippen LogP contribution is -2.09. The summed E-state index contributed by atoms with van der Waals surface area (Å²) in [6.07, 6.45) is 5.33. The first-order chi connectivity index (χ1) is 8.88. The third-order valence-corrected chi connectivity index (χ3v) is 2.86. The van der Waals surface area contributed by atoms with Gasteiger partial charge in [0.1, 0.15) is 11.3 Å². The van der Waals surface area contributed by atoms with Gasteiger partial charge in [0.05, 0.1) is 13.1 Å². The fraction of sp³-hybridized carbons (Fsp3) is 0.154. The number of nitrogens with two attached hydrogens (primary N) is 1. The van der Waals surface area contributed by atoms with Crippen molar-refractivity contribution in [3.05, 3.63) is 54.2 Å². The van der Waals surface area contributed by atoms with Crippen molar-refractivity contribution in [1.82, 2.24) is 19.5 Å². The fourth-order valence-electron chi connectivity index (χ4n) is 2.00. The Balaban J connectivity index is 2.10. The second-order valence-electron chi connectivity index (χ2n) is 4.02. The molecule has 18 heavy (non-hydrogen) atoms. The molecule has 0 aliphatic carbocycles. The summed E-state index contributed by atoms with van der Waals surface area (Å²) in [4.78, 5) is 12.9. The number of rotatable bonds is 3. The molecule has 3 aromatic rings. The Morgan fingerprint density at radius 3 is 2.72 bits per heavy atom. The number of aromatic nitrogens is 4. The van der Waals surface area contributed by atoms with Crippen LogP contribution >= 0.6 is 0 Å². The van der Waals surface area contributed by atoms with E-state index in [1.54, 1.807) is 18.6 Å². The van der Waals surface area contributed by atoms with Crippen molar-refractivity contribution >= 4 is 11.2 Å². The predicted octanol–water partition coefficient (Wildman–Crippen LogP) is 1.33. The van der Waals surface area contributed by atoms with E-state index in [-0.39, 0.29) is 0 Å². The highest BCUT2D eigenvalue weighted by molar-refractivity contribution is 5.71. The molecule has 5 heteroatoms. The Morgan fingerprint density at radius 2 is 1.94 bits per heavy atom. The van der Waals surface area contributed by atoms with E-state index < -0.39 is 0 Å². The number of hydrogen-bond donors (Lipinski definition) is 1. The van der Waals surface area contributed by atoms with Crippen molar-refractivity contribution in [1.29, 1.82) is 0 Å². The van der Waals surface area contributed by atoms with Crippen LogP contribution in [0.2, 0.25) is 0 Å². The summed E-state index contributed by atoms with van der Waals surface area (Å²) >= 11 is 0. The third kappa shape index (κ3) is 1.84. The van der Waals surface area contributed by atoms with E-state index in [0.29, 0.717) is 13.1 Å². The fourth-order valence-corrected chi connectivity index (χ4v) is 2.00. The minimum Gasteiger partial charge on any atom is -0.324 e. The molecule has 5 nitrogen and oxygen atoms in total. The Kier molecular flexibility index (Phi) is 2.74. The molecule has 0 unspecified atom stereocenters. The van der Waals surface area contributed by atoms with Crippen LogP contribution in [0.5, 0.6) is 0 Å². The maximum atomic E-state index is 5.74. The molecular formula is C13H13N5. The van der Waals surface area contributed by atoms with Gasteiger partial charge >= 0.3 is 0 Å². The minimum absolute atomic E-state index is 0.404. The summed E-state index contributed by atoms with van der Waals surface area (Å²) < 4.78 is 2.05. The Morgan fingerprint density at radius 1 is 1.11 bits per heavy atom. The van der Waals surface area contributed by atoms with Crippen LogP contribution in [0.15, 0.2) is 42.9 Å². The van der Waals surface area contributed by atoms with Crippen molar-refractivity contribution in [2.24, 2.45) is 5.73 Å². The Bertz CT molecular complexity index is 659. The van der Waals surface area contributed by atoms with Crippen molar-refractivity contribution < 1.29 is 0 Å². The van der Waals surface area contributed by atoms with E-state index in [1.165, 1.54) is 0 Å². The van der Waals surface area contributed by atoms with Crippen LogP contribution in [0.3, 0.4) is 0 Å². The number of nitrogens with zero attached hydrogens (tertiary/aromatic N) is 4. The van der Waals surface area contributed by atoms with Gasteiger partial charge in [-0.05, 0) is 29.8 Å². The summed E-state index contributed by atoms with van der Waals surface area (Å²) in [5, 5.41) is 0. The molecule has 0 atom stereocenters. The normalized spacial score (nSPS) is 10.9. The topological polar surface area (TPSA) is 69.6 Å². The molecule has 0 amide bonds. The maximum Gasteiger partial charge on any atom is 0.160 e. The second-order valence-corrected chi connectivity index (χ2v) is 4.02. The highest BCUT2D eigenvalue weighted by Gasteiger charge is 2.10. The monoisotopic (exact) mass is 239 g/mol. The molecule has 3 aromatic heterocycles. The van der Waals surface area contributed by atoms with Gasteiger partial charge in [-0.1, -0.05) is 0 Å². The zero-order valence-electron chi connectivity index (χ0n) is 9.82. The summed E-state index contributed by atoms with van der Waals surface area (Å²) in [6.45, 7) is 1.12. The quantitative estimate of drug-likeness (QED) is 0.748. The number of hydrogen-bond acceptors (Lipinski definition) is 4. The van der Waals surface area contributed by atoms with Gasteiger partial charge in [-0.25, -0.2) is 9.97 Å². The average molecular weight is 239 g/mol. The van der Waals surface area contributed by atoms with E-state index in [1.807, 2.05) is 28.8 Å². The van der Waals surface area contributed by atoms with Gasteiger partial charge in [0, 0.05) is 18.6 Å².